The second-order valence-corrected chi connectivity index (χ2v) is 12.4. The number of rotatable bonds is 19. The van der Waals surface area contributed by atoms with Crippen LogP contribution in [0.15, 0.2) is 121 Å². The highest BCUT2D eigenvalue weighted by molar-refractivity contribution is 5.89. The zero-order valence-electron chi connectivity index (χ0n) is 28.3. The maximum absolute atomic E-state index is 13.7. The molecular formula is C41H46N2O7. The smallest absolute Gasteiger partial charge is 0.306 e. The summed E-state index contributed by atoms with van der Waals surface area (Å²) in [5.41, 5.74) is 3.86. The van der Waals surface area contributed by atoms with E-state index in [2.05, 4.69) is 10.6 Å². The van der Waals surface area contributed by atoms with E-state index in [1.54, 1.807) is 0 Å². The molecule has 0 aliphatic carbocycles. The molecule has 0 unspecified atom stereocenters. The Morgan fingerprint density at radius 3 is 1.62 bits per heavy atom. The van der Waals surface area contributed by atoms with Gasteiger partial charge >= 0.3 is 5.97 Å². The lowest BCUT2D eigenvalue weighted by molar-refractivity contribution is -0.162. The van der Waals surface area contributed by atoms with Gasteiger partial charge in [-0.05, 0) is 35.1 Å². The van der Waals surface area contributed by atoms with E-state index in [0.29, 0.717) is 25.9 Å². The maximum atomic E-state index is 13.7. The van der Waals surface area contributed by atoms with Crippen molar-refractivity contribution < 1.29 is 33.3 Å². The predicted molar refractivity (Wildman–Crippen MR) is 189 cm³/mol. The second-order valence-electron chi connectivity index (χ2n) is 12.4. The summed E-state index contributed by atoms with van der Waals surface area (Å²) in [6.45, 7) is 1.33. The van der Waals surface area contributed by atoms with Crippen molar-refractivity contribution in [3.63, 3.8) is 0 Å². The molecule has 1 heterocycles. The van der Waals surface area contributed by atoms with Gasteiger partial charge < -0.3 is 29.6 Å². The summed E-state index contributed by atoms with van der Waals surface area (Å²) in [6, 6.07) is 37.3. The fourth-order valence-corrected chi connectivity index (χ4v) is 5.81. The first kappa shape index (κ1) is 36.5. The summed E-state index contributed by atoms with van der Waals surface area (Å²) in [7, 11) is 0. The van der Waals surface area contributed by atoms with Crippen LogP contribution in [0.4, 0.5) is 0 Å². The SMILES string of the molecule is O=C(CCCCCC(=O)OCc1ccccc1)N[C@H]1C(=O)N[C@H](COCc2ccccc2)[C@H](OCc2ccccc2)[C@H]1OCc1ccccc1. The third-order valence-electron chi connectivity index (χ3n) is 8.48. The van der Waals surface area contributed by atoms with Gasteiger partial charge in [0.25, 0.3) is 0 Å². The van der Waals surface area contributed by atoms with Crippen LogP contribution in [-0.2, 0) is 59.8 Å². The van der Waals surface area contributed by atoms with Crippen molar-refractivity contribution in [3.05, 3.63) is 144 Å². The van der Waals surface area contributed by atoms with Crippen molar-refractivity contribution in [3.8, 4) is 0 Å². The van der Waals surface area contributed by atoms with Crippen LogP contribution in [0.3, 0.4) is 0 Å². The summed E-state index contributed by atoms with van der Waals surface area (Å²) < 4.78 is 24.4. The lowest BCUT2D eigenvalue weighted by Gasteiger charge is -2.42. The number of carbonyl (C=O) groups excluding carboxylic acids is 3. The van der Waals surface area contributed by atoms with Gasteiger partial charge in [0, 0.05) is 12.8 Å². The summed E-state index contributed by atoms with van der Waals surface area (Å²) in [4.78, 5) is 39.1. The highest BCUT2D eigenvalue weighted by Crippen LogP contribution is 2.23. The van der Waals surface area contributed by atoms with E-state index in [9.17, 15) is 14.4 Å². The first-order valence-corrected chi connectivity index (χ1v) is 17.3. The topological polar surface area (TPSA) is 112 Å². The summed E-state index contributed by atoms with van der Waals surface area (Å²) in [5.74, 6) is -0.893. The molecule has 0 bridgehead atoms. The molecule has 50 heavy (non-hydrogen) atoms. The molecule has 0 saturated carbocycles. The summed E-state index contributed by atoms with van der Waals surface area (Å²) in [6.07, 6.45) is 0.902. The van der Waals surface area contributed by atoms with Crippen molar-refractivity contribution >= 4 is 17.8 Å². The highest BCUT2D eigenvalue weighted by Gasteiger charge is 2.46. The Hall–Kier alpha value is -4.83. The van der Waals surface area contributed by atoms with Crippen molar-refractivity contribution in [1.29, 1.82) is 0 Å². The van der Waals surface area contributed by atoms with Crippen LogP contribution < -0.4 is 10.6 Å². The highest BCUT2D eigenvalue weighted by atomic mass is 16.5. The molecule has 9 nitrogen and oxygen atoms in total. The van der Waals surface area contributed by atoms with Gasteiger partial charge in [-0.3, -0.25) is 14.4 Å². The molecule has 0 aromatic heterocycles. The van der Waals surface area contributed by atoms with Crippen LogP contribution in [0.2, 0.25) is 0 Å². The number of carbonyl (C=O) groups is 3. The zero-order valence-corrected chi connectivity index (χ0v) is 28.3. The number of esters is 1. The average Bonchev–Trinajstić information content (AvgIpc) is 3.15. The maximum Gasteiger partial charge on any atom is 0.306 e. The van der Waals surface area contributed by atoms with Crippen LogP contribution in [-0.4, -0.2) is 48.7 Å². The number of benzene rings is 4. The molecule has 4 atom stereocenters. The largest absolute Gasteiger partial charge is 0.461 e. The third-order valence-corrected chi connectivity index (χ3v) is 8.48. The molecule has 2 amide bonds. The van der Waals surface area contributed by atoms with E-state index in [1.165, 1.54) is 0 Å². The molecule has 1 fully saturated rings. The van der Waals surface area contributed by atoms with E-state index in [1.807, 2.05) is 121 Å². The Labute approximate surface area is 294 Å². The first-order valence-electron chi connectivity index (χ1n) is 17.3. The molecule has 9 heteroatoms. The fourth-order valence-electron chi connectivity index (χ4n) is 5.81. The second kappa shape index (κ2) is 20.0. The number of piperidine rings is 1. The van der Waals surface area contributed by atoms with E-state index >= 15 is 0 Å². The van der Waals surface area contributed by atoms with E-state index < -0.39 is 24.3 Å². The van der Waals surface area contributed by atoms with Gasteiger partial charge in [0.2, 0.25) is 11.8 Å². The number of unbranched alkanes of at least 4 members (excludes halogenated alkanes) is 2. The first-order chi connectivity index (χ1) is 24.5. The minimum absolute atomic E-state index is 0.194. The minimum atomic E-state index is -0.981. The van der Waals surface area contributed by atoms with E-state index in [-0.39, 0.29) is 57.1 Å². The number of hydrogen-bond donors (Lipinski definition) is 2. The van der Waals surface area contributed by atoms with Gasteiger partial charge in [-0.25, -0.2) is 0 Å². The Morgan fingerprint density at radius 1 is 0.580 bits per heavy atom. The van der Waals surface area contributed by atoms with Gasteiger partial charge in [0.15, 0.2) is 0 Å². The quantitative estimate of drug-likeness (QED) is 0.0918. The lowest BCUT2D eigenvalue weighted by Crippen LogP contribution is -2.69. The summed E-state index contributed by atoms with van der Waals surface area (Å²) >= 11 is 0. The molecule has 262 valence electrons. The molecule has 1 saturated heterocycles. The molecule has 4 aromatic rings. The zero-order chi connectivity index (χ0) is 34.8. The van der Waals surface area contributed by atoms with Crippen molar-refractivity contribution in [1.82, 2.24) is 10.6 Å². The number of hydrogen-bond acceptors (Lipinski definition) is 7. The van der Waals surface area contributed by atoms with E-state index in [4.69, 9.17) is 18.9 Å². The van der Waals surface area contributed by atoms with Gasteiger partial charge in [0.05, 0.1) is 32.5 Å². The van der Waals surface area contributed by atoms with Gasteiger partial charge in [0.1, 0.15) is 24.9 Å². The molecular weight excluding hydrogens is 632 g/mol. The number of amides is 2. The standard InChI is InChI=1S/C41H46N2O7/c44-36(24-14-5-15-25-37(45)48-27-32-18-8-2-9-19-32)43-38-40(50-29-34-22-12-4-13-23-34)39(49-28-33-20-10-3-11-21-33)35(42-41(38)46)30-47-26-31-16-6-1-7-17-31/h1-4,6-13,16-23,35,38-40H,5,14-15,24-30H2,(H,42,46)(H,43,44)/t35-,38-,39+,40+/m1/s1. The minimum Gasteiger partial charge on any atom is -0.461 e. The van der Waals surface area contributed by atoms with Crippen LogP contribution >= 0.6 is 0 Å². The Bertz CT molecular complexity index is 1590. The van der Waals surface area contributed by atoms with Gasteiger partial charge in [-0.15, -0.1) is 0 Å². The van der Waals surface area contributed by atoms with Crippen molar-refractivity contribution in [2.75, 3.05) is 6.61 Å². The van der Waals surface area contributed by atoms with Crippen molar-refractivity contribution in [2.24, 2.45) is 0 Å². The van der Waals surface area contributed by atoms with Gasteiger partial charge in [-0.1, -0.05) is 128 Å². The Morgan fingerprint density at radius 2 is 1.06 bits per heavy atom. The molecule has 0 radical (unpaired) electrons. The average molecular weight is 679 g/mol. The van der Waals surface area contributed by atoms with Crippen molar-refractivity contribution in [2.45, 2.75) is 82.8 Å². The monoisotopic (exact) mass is 678 g/mol. The summed E-state index contributed by atoms with van der Waals surface area (Å²) in [5, 5.41) is 5.99. The van der Waals surface area contributed by atoms with E-state index in [0.717, 1.165) is 22.3 Å². The molecule has 4 aromatic carbocycles. The fraction of sp³-hybridized carbons (Fsp3) is 0.341. The Balaban J connectivity index is 1.20. The molecule has 1 aliphatic rings. The van der Waals surface area contributed by atoms with Gasteiger partial charge in [-0.2, -0.15) is 0 Å². The predicted octanol–water partition coefficient (Wildman–Crippen LogP) is 6.05. The third kappa shape index (κ3) is 11.9. The lowest BCUT2D eigenvalue weighted by atomic mass is 9.92. The van der Waals surface area contributed by atoms with Crippen LogP contribution in [0.25, 0.3) is 0 Å². The van der Waals surface area contributed by atoms with Crippen LogP contribution in [0.1, 0.15) is 54.4 Å². The molecule has 0 spiro atoms. The molecule has 2 N–H and O–H groups in total. The number of ether oxygens (including phenoxy) is 4. The van der Waals surface area contributed by atoms with Crippen LogP contribution in [0, 0.1) is 0 Å². The molecule has 1 aliphatic heterocycles. The van der Waals surface area contributed by atoms with Crippen LogP contribution in [0.5, 0.6) is 0 Å². The normalized spacial score (nSPS) is 18.6. The Kier molecular flexibility index (Phi) is 14.6. The number of nitrogens with one attached hydrogen (secondary N) is 2. The molecule has 5 rings (SSSR count).